The highest BCUT2D eigenvalue weighted by Gasteiger charge is 2.18. The van der Waals surface area contributed by atoms with Gasteiger partial charge in [0, 0.05) is 40.0 Å². The maximum Gasteiger partial charge on any atom is 0.306 e. The van der Waals surface area contributed by atoms with Gasteiger partial charge in [-0.2, -0.15) is 0 Å². The average molecular weight is 557 g/mol. The first-order chi connectivity index (χ1) is 17.7. The second-order valence-corrected chi connectivity index (χ2v) is 7.40. The molecule has 0 saturated heterocycles. The molecule has 0 radical (unpaired) electrons. The second-order valence-electron chi connectivity index (χ2n) is 7.40. The Morgan fingerprint density at radius 2 is 0.974 bits per heavy atom. The number of aliphatic carboxylic acids is 2. The first-order valence-electron chi connectivity index (χ1n) is 12.0. The summed E-state index contributed by atoms with van der Waals surface area (Å²) in [6.45, 7) is 8.31. The predicted molar refractivity (Wildman–Crippen MR) is 133 cm³/mol. The van der Waals surface area contributed by atoms with E-state index in [-0.39, 0.29) is 50.8 Å². The molecule has 0 amide bonds. The molecule has 0 bridgehead atoms. The monoisotopic (exact) mass is 556 g/mol. The van der Waals surface area contributed by atoms with E-state index >= 15 is 0 Å². The smallest absolute Gasteiger partial charge is 0.306 e. The zero-order chi connectivity index (χ0) is 30.5. The normalized spacial score (nSPS) is 10.0. The number of carbonyl (C=O) groups is 6. The molecule has 0 spiro atoms. The lowest BCUT2D eigenvalue weighted by atomic mass is 10.3. The fourth-order valence-corrected chi connectivity index (χ4v) is 1.76. The van der Waals surface area contributed by atoms with Gasteiger partial charge in [0.2, 0.25) is 0 Å². The molecule has 0 aliphatic heterocycles. The van der Waals surface area contributed by atoms with E-state index in [0.717, 1.165) is 13.8 Å². The Morgan fingerprint density at radius 1 is 0.632 bits per heavy atom. The molecule has 1 unspecified atom stereocenters. The summed E-state index contributed by atoms with van der Waals surface area (Å²) in [7, 11) is 0. The van der Waals surface area contributed by atoms with Gasteiger partial charge in [0.05, 0.1) is 6.61 Å². The van der Waals surface area contributed by atoms with E-state index in [1.807, 2.05) is 20.8 Å². The van der Waals surface area contributed by atoms with Crippen molar-refractivity contribution in [3.63, 3.8) is 0 Å². The van der Waals surface area contributed by atoms with Crippen LogP contribution in [0.3, 0.4) is 0 Å². The van der Waals surface area contributed by atoms with Gasteiger partial charge in [-0.1, -0.05) is 20.8 Å². The van der Waals surface area contributed by atoms with Crippen LogP contribution in [-0.2, 0) is 47.7 Å². The third-order valence-corrected chi connectivity index (χ3v) is 3.21. The number of carboxylic acids is 2. The van der Waals surface area contributed by atoms with E-state index < -0.39 is 30.1 Å². The Hall–Kier alpha value is -3.26. The molecular weight excluding hydrogens is 512 g/mol. The summed E-state index contributed by atoms with van der Waals surface area (Å²) in [5, 5.41) is 31.6. The molecule has 14 nitrogen and oxygen atoms in total. The number of carboxylic acid groups (broad SMARTS) is 2. The molecule has 38 heavy (non-hydrogen) atoms. The molecule has 0 fully saturated rings. The standard InChI is InChI=1S/C15H26O6.C5H10O4.2C2H4O2/c1-4-7-13(16)19-10-12(21-15(18)9-6-3)11-20-14(17)8-5-2;1-4(7)9-3-5(8)2-6;2*1-2(3)4/h12H,4-11H2,1-3H3;5-6,8H,2-3H2,1H3;2*1H3,(H,3,4). The molecule has 0 aliphatic rings. The van der Waals surface area contributed by atoms with Crippen molar-refractivity contribution in [3.05, 3.63) is 0 Å². The van der Waals surface area contributed by atoms with Gasteiger partial charge in [-0.25, -0.2) is 0 Å². The third kappa shape index (κ3) is 46.1. The highest BCUT2D eigenvalue weighted by atomic mass is 16.6. The van der Waals surface area contributed by atoms with E-state index in [0.29, 0.717) is 32.1 Å². The van der Waals surface area contributed by atoms with Crippen LogP contribution in [0.5, 0.6) is 0 Å². The van der Waals surface area contributed by atoms with Gasteiger partial charge in [-0.3, -0.25) is 28.8 Å². The lowest BCUT2D eigenvalue weighted by Crippen LogP contribution is -2.30. The van der Waals surface area contributed by atoms with E-state index in [2.05, 4.69) is 4.74 Å². The Kier molecular flexibility index (Phi) is 33.0. The van der Waals surface area contributed by atoms with Crippen molar-refractivity contribution >= 4 is 35.8 Å². The fraction of sp³-hybridized carbons (Fsp3) is 0.750. The van der Waals surface area contributed by atoms with Crippen molar-refractivity contribution in [3.8, 4) is 0 Å². The zero-order valence-corrected chi connectivity index (χ0v) is 23.1. The molecule has 0 rings (SSSR count). The number of hydrogen-bond donors (Lipinski definition) is 4. The van der Waals surface area contributed by atoms with Crippen LogP contribution < -0.4 is 0 Å². The van der Waals surface area contributed by atoms with Gasteiger partial charge in [0.1, 0.15) is 25.9 Å². The molecule has 14 heteroatoms. The topological polar surface area (TPSA) is 220 Å². The van der Waals surface area contributed by atoms with Gasteiger partial charge in [0.15, 0.2) is 6.10 Å². The van der Waals surface area contributed by atoms with E-state index in [4.69, 9.17) is 44.2 Å². The number of aliphatic hydroxyl groups is 2. The molecule has 0 aromatic carbocycles. The van der Waals surface area contributed by atoms with Gasteiger partial charge < -0.3 is 39.4 Å². The van der Waals surface area contributed by atoms with Crippen LogP contribution in [0.4, 0.5) is 0 Å². The molecule has 224 valence electrons. The summed E-state index contributed by atoms with van der Waals surface area (Å²) in [5.41, 5.74) is 0. The highest BCUT2D eigenvalue weighted by Crippen LogP contribution is 2.03. The van der Waals surface area contributed by atoms with E-state index in [9.17, 15) is 19.2 Å². The number of carbonyl (C=O) groups excluding carboxylic acids is 4. The average Bonchev–Trinajstić information content (AvgIpc) is 2.79. The maximum absolute atomic E-state index is 11.5. The second kappa shape index (κ2) is 30.0. The van der Waals surface area contributed by atoms with Crippen LogP contribution in [0.15, 0.2) is 0 Å². The number of esters is 4. The number of ether oxygens (including phenoxy) is 4. The van der Waals surface area contributed by atoms with Gasteiger partial charge in [0.25, 0.3) is 11.9 Å². The van der Waals surface area contributed by atoms with Crippen molar-refractivity contribution in [2.24, 2.45) is 0 Å². The zero-order valence-electron chi connectivity index (χ0n) is 23.1. The first kappa shape index (κ1) is 41.9. The number of aliphatic hydroxyl groups excluding tert-OH is 2. The minimum absolute atomic E-state index is 0.0896. The van der Waals surface area contributed by atoms with Crippen LogP contribution in [-0.4, -0.2) is 94.9 Å². The molecule has 0 aliphatic carbocycles. The molecule has 0 aromatic rings. The van der Waals surface area contributed by atoms with Gasteiger partial charge in [-0.15, -0.1) is 0 Å². The number of rotatable bonds is 14. The van der Waals surface area contributed by atoms with E-state index in [1.165, 1.54) is 6.92 Å². The summed E-state index contributed by atoms with van der Waals surface area (Å²) in [6.07, 6.45) is 1.24. The lowest BCUT2D eigenvalue weighted by molar-refractivity contribution is -0.166. The lowest BCUT2D eigenvalue weighted by Gasteiger charge is -2.18. The summed E-state index contributed by atoms with van der Waals surface area (Å²) < 4.78 is 19.5. The van der Waals surface area contributed by atoms with Crippen LogP contribution >= 0.6 is 0 Å². The van der Waals surface area contributed by atoms with Crippen molar-refractivity contribution < 1.29 is 68.1 Å². The summed E-state index contributed by atoms with van der Waals surface area (Å²) in [4.78, 5) is 62.2. The Balaban J connectivity index is -0.000000277. The summed E-state index contributed by atoms with van der Waals surface area (Å²) in [5.74, 6) is -3.22. The molecule has 0 aromatic heterocycles. The molecule has 0 heterocycles. The highest BCUT2D eigenvalue weighted by molar-refractivity contribution is 5.71. The fourth-order valence-electron chi connectivity index (χ4n) is 1.76. The quantitative estimate of drug-likeness (QED) is 0.176. The van der Waals surface area contributed by atoms with Gasteiger partial charge in [-0.05, 0) is 19.3 Å². The van der Waals surface area contributed by atoms with Crippen molar-refractivity contribution in [1.29, 1.82) is 0 Å². The third-order valence-electron chi connectivity index (χ3n) is 3.21. The van der Waals surface area contributed by atoms with Gasteiger partial charge >= 0.3 is 23.9 Å². The molecular formula is C24H44O14. The molecule has 4 N–H and O–H groups in total. The van der Waals surface area contributed by atoms with Crippen LogP contribution in [0.2, 0.25) is 0 Å². The predicted octanol–water partition coefficient (Wildman–Crippen LogP) is 1.47. The molecule has 0 saturated carbocycles. The van der Waals surface area contributed by atoms with Crippen molar-refractivity contribution in [1.82, 2.24) is 0 Å². The largest absolute Gasteiger partial charge is 0.481 e. The first-order valence-corrected chi connectivity index (χ1v) is 12.0. The Labute approximate surface area is 223 Å². The summed E-state index contributed by atoms with van der Waals surface area (Å²) >= 11 is 0. The van der Waals surface area contributed by atoms with E-state index in [1.54, 1.807) is 0 Å². The minimum atomic E-state index is -0.950. The Morgan fingerprint density at radius 3 is 1.26 bits per heavy atom. The van der Waals surface area contributed by atoms with Crippen molar-refractivity contribution in [2.45, 2.75) is 92.3 Å². The summed E-state index contributed by atoms with van der Waals surface area (Å²) in [6, 6.07) is 0. The van der Waals surface area contributed by atoms with Crippen LogP contribution in [0.25, 0.3) is 0 Å². The maximum atomic E-state index is 11.5. The number of hydrogen-bond acceptors (Lipinski definition) is 12. The van der Waals surface area contributed by atoms with Crippen LogP contribution in [0, 0.1) is 0 Å². The van der Waals surface area contributed by atoms with Crippen LogP contribution in [0.1, 0.15) is 80.1 Å². The molecule has 1 atom stereocenters. The van der Waals surface area contributed by atoms with Crippen molar-refractivity contribution in [2.75, 3.05) is 26.4 Å². The minimum Gasteiger partial charge on any atom is -0.481 e. The Bertz CT molecular complexity index is 621. The SMILES string of the molecule is CC(=O)O.CC(=O)O.CC(=O)OCC(O)CO.CCCC(=O)OCC(COC(=O)CCC)OC(=O)CCC.